The van der Waals surface area contributed by atoms with Crippen LogP contribution in [0.3, 0.4) is 0 Å². The summed E-state index contributed by atoms with van der Waals surface area (Å²) in [6, 6.07) is 14.8. The highest BCUT2D eigenvalue weighted by atomic mass is 19.1. The van der Waals surface area contributed by atoms with Crippen LogP contribution < -0.4 is 4.90 Å². The molecule has 39 heavy (non-hydrogen) atoms. The molecule has 3 heterocycles. The number of fused-ring (bicyclic) bond motifs is 1. The number of amides is 1. The van der Waals surface area contributed by atoms with Crippen LogP contribution in [0.1, 0.15) is 49.9 Å². The van der Waals surface area contributed by atoms with Gasteiger partial charge in [0.2, 0.25) is 0 Å². The number of nitrogens with zero attached hydrogens (tertiary/aromatic N) is 4. The van der Waals surface area contributed by atoms with E-state index in [9.17, 15) is 18.4 Å². The SMILES string of the molecule is C/C(=C\CF)c1ccc2c(c1)/C(=C/c1ccc(F)c(C(=O)N3CCN(c4ccc(C#N)cn4)CC3)c1)OC2=O. The molecule has 5 rings (SSSR count). The van der Waals surface area contributed by atoms with Gasteiger partial charge in [0.1, 0.15) is 30.1 Å². The standard InChI is InChI=1S/C30H24F2N4O3/c1-19(8-9-31)22-4-5-23-24(16-22)27(39-30(23)38)15-20-2-6-26(32)25(14-20)29(37)36-12-10-35(11-13-36)28-7-3-21(17-33)18-34-28/h2-8,14-16,18H,9-13H2,1H3/b19-8+,27-15-. The van der Waals surface area contributed by atoms with Crippen molar-refractivity contribution in [2.75, 3.05) is 37.8 Å². The first-order valence-electron chi connectivity index (χ1n) is 12.4. The monoisotopic (exact) mass is 526 g/mol. The smallest absolute Gasteiger partial charge is 0.344 e. The molecule has 0 N–H and O–H groups in total. The number of esters is 1. The Labute approximate surface area is 224 Å². The maximum absolute atomic E-state index is 14.8. The Kier molecular flexibility index (Phi) is 7.19. The third-order valence-corrected chi connectivity index (χ3v) is 6.83. The van der Waals surface area contributed by atoms with E-state index in [0.717, 1.165) is 11.1 Å². The van der Waals surface area contributed by atoms with E-state index in [1.54, 1.807) is 48.2 Å². The van der Waals surface area contributed by atoms with E-state index in [0.29, 0.717) is 54.3 Å². The van der Waals surface area contributed by atoms with Gasteiger partial charge in [0.15, 0.2) is 0 Å². The third-order valence-electron chi connectivity index (χ3n) is 6.83. The maximum Gasteiger partial charge on any atom is 0.344 e. The van der Waals surface area contributed by atoms with E-state index in [4.69, 9.17) is 10.00 Å². The molecule has 2 aliphatic heterocycles. The third kappa shape index (κ3) is 5.27. The van der Waals surface area contributed by atoms with Crippen LogP contribution in [0.4, 0.5) is 14.6 Å². The molecule has 1 aromatic heterocycles. The number of carbonyl (C=O) groups excluding carboxylic acids is 2. The Morgan fingerprint density at radius 1 is 1.10 bits per heavy atom. The number of nitriles is 1. The largest absolute Gasteiger partial charge is 0.422 e. The van der Waals surface area contributed by atoms with E-state index < -0.39 is 24.4 Å². The molecule has 1 saturated heterocycles. The number of ether oxygens (including phenoxy) is 1. The molecule has 0 atom stereocenters. The summed E-state index contributed by atoms with van der Waals surface area (Å²) in [5.41, 5.74) is 3.30. The number of halogens is 2. The van der Waals surface area contributed by atoms with Crippen molar-refractivity contribution in [2.24, 2.45) is 0 Å². The normalized spacial score (nSPS) is 16.2. The number of rotatable bonds is 5. The summed E-state index contributed by atoms with van der Waals surface area (Å²) < 4.78 is 33.0. The number of hydrogen-bond donors (Lipinski definition) is 0. The van der Waals surface area contributed by atoms with E-state index in [1.807, 2.05) is 11.0 Å². The predicted molar refractivity (Wildman–Crippen MR) is 143 cm³/mol. The molecule has 9 heteroatoms. The molecule has 0 saturated carbocycles. The summed E-state index contributed by atoms with van der Waals surface area (Å²) in [6.45, 7) is 2.97. The summed E-state index contributed by atoms with van der Waals surface area (Å²) in [6.07, 6.45) is 4.54. The van der Waals surface area contributed by atoms with Crippen molar-refractivity contribution in [3.63, 3.8) is 0 Å². The van der Waals surface area contributed by atoms with Gasteiger partial charge >= 0.3 is 5.97 Å². The van der Waals surface area contributed by atoms with Crippen molar-refractivity contribution in [1.82, 2.24) is 9.88 Å². The highest BCUT2D eigenvalue weighted by molar-refractivity contribution is 6.06. The van der Waals surface area contributed by atoms with Gasteiger partial charge in [-0.1, -0.05) is 18.2 Å². The Balaban J connectivity index is 1.35. The van der Waals surface area contributed by atoms with Gasteiger partial charge < -0.3 is 14.5 Å². The number of pyridine rings is 1. The first kappa shape index (κ1) is 25.8. The van der Waals surface area contributed by atoms with Crippen molar-refractivity contribution in [3.8, 4) is 6.07 Å². The number of aromatic nitrogens is 1. The first-order chi connectivity index (χ1) is 18.9. The zero-order valence-electron chi connectivity index (χ0n) is 21.2. The minimum atomic E-state index is -0.642. The van der Waals surface area contributed by atoms with Gasteiger partial charge in [0.05, 0.1) is 16.7 Å². The average molecular weight is 527 g/mol. The lowest BCUT2D eigenvalue weighted by Gasteiger charge is -2.35. The fourth-order valence-corrected chi connectivity index (χ4v) is 4.62. The number of cyclic esters (lactones) is 1. The average Bonchev–Trinajstić information content (AvgIpc) is 3.28. The van der Waals surface area contributed by atoms with Crippen molar-refractivity contribution in [3.05, 3.63) is 100 Å². The van der Waals surface area contributed by atoms with Gasteiger partial charge in [0.25, 0.3) is 5.91 Å². The minimum Gasteiger partial charge on any atom is -0.422 e. The minimum absolute atomic E-state index is 0.0747. The van der Waals surface area contributed by atoms with Crippen LogP contribution in [0.15, 0.2) is 60.8 Å². The Morgan fingerprint density at radius 2 is 1.90 bits per heavy atom. The molecule has 0 bridgehead atoms. The van der Waals surface area contributed by atoms with Gasteiger partial charge in [0, 0.05) is 37.9 Å². The van der Waals surface area contributed by atoms with Gasteiger partial charge in [-0.3, -0.25) is 4.79 Å². The molecular weight excluding hydrogens is 502 g/mol. The van der Waals surface area contributed by atoms with Crippen LogP contribution in [-0.2, 0) is 4.74 Å². The van der Waals surface area contributed by atoms with Crippen LogP contribution in [-0.4, -0.2) is 54.6 Å². The molecule has 0 radical (unpaired) electrons. The van der Waals surface area contributed by atoms with Crippen LogP contribution >= 0.6 is 0 Å². The van der Waals surface area contributed by atoms with E-state index >= 15 is 0 Å². The second kappa shape index (κ2) is 10.9. The highest BCUT2D eigenvalue weighted by Gasteiger charge is 2.28. The molecule has 1 amide bonds. The fourth-order valence-electron chi connectivity index (χ4n) is 4.62. The maximum atomic E-state index is 14.8. The highest BCUT2D eigenvalue weighted by Crippen LogP contribution is 2.34. The lowest BCUT2D eigenvalue weighted by molar-refractivity contribution is 0.0714. The Hall–Kier alpha value is -4.84. The molecule has 0 aliphatic carbocycles. The Bertz CT molecular complexity index is 1550. The number of hydrogen-bond acceptors (Lipinski definition) is 6. The second-order valence-electron chi connectivity index (χ2n) is 9.24. The van der Waals surface area contributed by atoms with Crippen molar-refractivity contribution < 1.29 is 23.1 Å². The molecule has 2 aromatic carbocycles. The fraction of sp³-hybridized carbons (Fsp3) is 0.200. The lowest BCUT2D eigenvalue weighted by Crippen LogP contribution is -2.49. The van der Waals surface area contributed by atoms with Gasteiger partial charge in [-0.25, -0.2) is 18.6 Å². The lowest BCUT2D eigenvalue weighted by atomic mass is 9.99. The van der Waals surface area contributed by atoms with Crippen LogP contribution in [0.5, 0.6) is 0 Å². The molecule has 0 unspecified atom stereocenters. The van der Waals surface area contributed by atoms with E-state index in [1.165, 1.54) is 30.5 Å². The van der Waals surface area contributed by atoms with Gasteiger partial charge in [-0.15, -0.1) is 0 Å². The number of allylic oxidation sites excluding steroid dienone is 2. The van der Waals surface area contributed by atoms with Crippen molar-refractivity contribution in [2.45, 2.75) is 6.92 Å². The second-order valence-corrected chi connectivity index (χ2v) is 9.24. The van der Waals surface area contributed by atoms with Crippen molar-refractivity contribution in [1.29, 1.82) is 5.26 Å². The van der Waals surface area contributed by atoms with Gasteiger partial charge in [-0.05, 0) is 66.1 Å². The summed E-state index contributed by atoms with van der Waals surface area (Å²) in [4.78, 5) is 33.5. The molecule has 7 nitrogen and oxygen atoms in total. The topological polar surface area (TPSA) is 86.5 Å². The number of alkyl halides is 1. The van der Waals surface area contributed by atoms with E-state index in [2.05, 4.69) is 4.98 Å². The number of anilines is 1. The molecule has 1 fully saturated rings. The summed E-state index contributed by atoms with van der Waals surface area (Å²) in [7, 11) is 0. The quantitative estimate of drug-likeness (QED) is 0.430. The van der Waals surface area contributed by atoms with E-state index in [-0.39, 0.29) is 11.3 Å². The number of benzene rings is 2. The van der Waals surface area contributed by atoms with Crippen LogP contribution in [0, 0.1) is 17.1 Å². The Morgan fingerprint density at radius 3 is 2.59 bits per heavy atom. The molecule has 3 aromatic rings. The molecule has 196 valence electrons. The van der Waals surface area contributed by atoms with Crippen molar-refractivity contribution >= 4 is 35.1 Å². The summed E-state index contributed by atoms with van der Waals surface area (Å²) in [5.74, 6) is -0.595. The summed E-state index contributed by atoms with van der Waals surface area (Å²) >= 11 is 0. The van der Waals surface area contributed by atoms with Gasteiger partial charge in [-0.2, -0.15) is 5.26 Å². The van der Waals surface area contributed by atoms with Crippen LogP contribution in [0.2, 0.25) is 0 Å². The number of carbonyl (C=O) groups is 2. The zero-order valence-corrected chi connectivity index (χ0v) is 21.2. The van der Waals surface area contributed by atoms with Crippen LogP contribution in [0.25, 0.3) is 17.4 Å². The first-order valence-corrected chi connectivity index (χ1v) is 12.4. The number of piperazine rings is 1. The molecule has 2 aliphatic rings. The molecular formula is C30H24F2N4O3. The predicted octanol–water partition coefficient (Wildman–Crippen LogP) is 5.10. The summed E-state index contributed by atoms with van der Waals surface area (Å²) in [5, 5.41) is 8.95. The zero-order chi connectivity index (χ0) is 27.5. The molecule has 0 spiro atoms.